The third kappa shape index (κ3) is 3.10. The summed E-state index contributed by atoms with van der Waals surface area (Å²) in [6.07, 6.45) is 9.44. The van der Waals surface area contributed by atoms with Crippen LogP contribution in [0.5, 0.6) is 0 Å². The predicted molar refractivity (Wildman–Crippen MR) is 67.8 cm³/mol. The molecule has 0 atom stereocenters. The van der Waals surface area contributed by atoms with E-state index in [0.717, 1.165) is 25.2 Å². The monoisotopic (exact) mass is 246 g/mol. The molecule has 1 aliphatic carbocycles. The number of H-pyrrole nitrogens is 1. The van der Waals surface area contributed by atoms with Crippen molar-refractivity contribution in [3.63, 3.8) is 0 Å². The molecule has 2 rings (SSSR count). The summed E-state index contributed by atoms with van der Waals surface area (Å²) in [4.78, 5) is 18.1. The van der Waals surface area contributed by atoms with E-state index in [-0.39, 0.29) is 11.7 Å². The van der Waals surface area contributed by atoms with Crippen molar-refractivity contribution in [2.24, 2.45) is 5.92 Å². The Balaban J connectivity index is 2.03. The van der Waals surface area contributed by atoms with Crippen LogP contribution in [0.4, 0.5) is 0 Å². The molecule has 96 valence electrons. The van der Waals surface area contributed by atoms with Gasteiger partial charge in [0.25, 0.3) is 5.91 Å². The van der Waals surface area contributed by atoms with Crippen LogP contribution in [0.1, 0.15) is 42.6 Å². The number of nitrogens with zero attached hydrogens (tertiary/aromatic N) is 3. The van der Waals surface area contributed by atoms with Crippen molar-refractivity contribution in [3.05, 3.63) is 11.6 Å². The molecule has 0 saturated heterocycles. The van der Waals surface area contributed by atoms with E-state index in [0.29, 0.717) is 12.5 Å². The number of terminal acetylenes is 1. The molecule has 0 spiro atoms. The summed E-state index contributed by atoms with van der Waals surface area (Å²) in [7, 11) is 0. The first kappa shape index (κ1) is 12.6. The minimum absolute atomic E-state index is 0.168. The number of carbonyl (C=O) groups is 1. The Labute approximate surface area is 107 Å². The van der Waals surface area contributed by atoms with Crippen molar-refractivity contribution in [2.75, 3.05) is 13.1 Å². The van der Waals surface area contributed by atoms with Crippen molar-refractivity contribution in [1.29, 1.82) is 0 Å². The third-order valence-corrected chi connectivity index (χ3v) is 2.95. The van der Waals surface area contributed by atoms with Gasteiger partial charge < -0.3 is 4.90 Å². The molecule has 1 fully saturated rings. The van der Waals surface area contributed by atoms with E-state index in [9.17, 15) is 4.79 Å². The van der Waals surface area contributed by atoms with Crippen LogP contribution < -0.4 is 0 Å². The number of hydrogen-bond donors (Lipinski definition) is 1. The molecule has 0 bridgehead atoms. The fourth-order valence-corrected chi connectivity index (χ4v) is 1.82. The summed E-state index contributed by atoms with van der Waals surface area (Å²) in [6.45, 7) is 3.11. The molecule has 1 amide bonds. The van der Waals surface area contributed by atoms with Crippen LogP contribution in [-0.2, 0) is 6.42 Å². The average Bonchev–Trinajstić information content (AvgIpc) is 3.05. The number of hydrogen-bond acceptors (Lipinski definition) is 3. The minimum Gasteiger partial charge on any atom is -0.324 e. The van der Waals surface area contributed by atoms with E-state index in [1.165, 1.54) is 12.8 Å². The average molecular weight is 246 g/mol. The zero-order valence-corrected chi connectivity index (χ0v) is 10.6. The lowest BCUT2D eigenvalue weighted by atomic mass is 10.3. The van der Waals surface area contributed by atoms with Crippen molar-refractivity contribution < 1.29 is 4.79 Å². The molecule has 5 nitrogen and oxygen atoms in total. The SMILES string of the molecule is C#CCN(CC1CC1)C(=O)c1n[nH]c(CCC)n1. The number of aromatic nitrogens is 3. The topological polar surface area (TPSA) is 61.9 Å². The highest BCUT2D eigenvalue weighted by atomic mass is 16.2. The van der Waals surface area contributed by atoms with Crippen LogP contribution in [0.25, 0.3) is 0 Å². The highest BCUT2D eigenvalue weighted by Gasteiger charge is 2.28. The lowest BCUT2D eigenvalue weighted by Gasteiger charge is -2.17. The van der Waals surface area contributed by atoms with Crippen molar-refractivity contribution in [3.8, 4) is 12.3 Å². The second-order valence-electron chi connectivity index (χ2n) is 4.69. The van der Waals surface area contributed by atoms with Gasteiger partial charge in [0.15, 0.2) is 0 Å². The van der Waals surface area contributed by atoms with Gasteiger partial charge in [-0.25, -0.2) is 4.98 Å². The molecule has 5 heteroatoms. The van der Waals surface area contributed by atoms with Crippen molar-refractivity contribution in [1.82, 2.24) is 20.1 Å². The Kier molecular flexibility index (Phi) is 3.98. The summed E-state index contributed by atoms with van der Waals surface area (Å²) < 4.78 is 0. The molecular formula is C13H18N4O. The van der Waals surface area contributed by atoms with Gasteiger partial charge in [-0.1, -0.05) is 12.8 Å². The highest BCUT2D eigenvalue weighted by molar-refractivity contribution is 5.90. The predicted octanol–water partition coefficient (Wildman–Crippen LogP) is 1.24. The maximum Gasteiger partial charge on any atom is 0.294 e. The minimum atomic E-state index is -0.168. The van der Waals surface area contributed by atoms with Crippen LogP contribution in [0.15, 0.2) is 0 Å². The molecular weight excluding hydrogens is 228 g/mol. The van der Waals surface area contributed by atoms with Crippen LogP contribution in [0.2, 0.25) is 0 Å². The molecule has 1 heterocycles. The zero-order chi connectivity index (χ0) is 13.0. The Morgan fingerprint density at radius 1 is 1.61 bits per heavy atom. The van der Waals surface area contributed by atoms with E-state index < -0.39 is 0 Å². The second-order valence-corrected chi connectivity index (χ2v) is 4.69. The molecule has 0 radical (unpaired) electrons. The summed E-state index contributed by atoms with van der Waals surface area (Å²) >= 11 is 0. The number of carbonyl (C=O) groups excluding carboxylic acids is 1. The number of rotatable bonds is 6. The van der Waals surface area contributed by atoms with E-state index in [1.54, 1.807) is 4.90 Å². The van der Waals surface area contributed by atoms with Crippen LogP contribution in [0, 0.1) is 18.3 Å². The lowest BCUT2D eigenvalue weighted by Crippen LogP contribution is -2.34. The van der Waals surface area contributed by atoms with Crippen molar-refractivity contribution >= 4 is 5.91 Å². The van der Waals surface area contributed by atoms with Gasteiger partial charge in [-0.2, -0.15) is 0 Å². The maximum absolute atomic E-state index is 12.2. The van der Waals surface area contributed by atoms with E-state index in [2.05, 4.69) is 28.0 Å². The largest absolute Gasteiger partial charge is 0.324 e. The van der Waals surface area contributed by atoms with Gasteiger partial charge in [0.2, 0.25) is 5.82 Å². The fourth-order valence-electron chi connectivity index (χ4n) is 1.82. The quantitative estimate of drug-likeness (QED) is 0.768. The first-order valence-corrected chi connectivity index (χ1v) is 6.38. The van der Waals surface area contributed by atoms with E-state index >= 15 is 0 Å². The molecule has 0 aliphatic heterocycles. The lowest BCUT2D eigenvalue weighted by molar-refractivity contribution is 0.0758. The first-order chi connectivity index (χ1) is 8.74. The molecule has 1 aliphatic rings. The Morgan fingerprint density at radius 3 is 3.00 bits per heavy atom. The highest BCUT2D eigenvalue weighted by Crippen LogP contribution is 2.29. The molecule has 1 aromatic heterocycles. The number of aromatic amines is 1. The normalized spacial score (nSPS) is 14.2. The molecule has 18 heavy (non-hydrogen) atoms. The Hall–Kier alpha value is -1.83. The van der Waals surface area contributed by atoms with Crippen LogP contribution in [-0.4, -0.2) is 39.1 Å². The Morgan fingerprint density at radius 2 is 2.39 bits per heavy atom. The van der Waals surface area contributed by atoms with Crippen LogP contribution in [0.3, 0.4) is 0 Å². The maximum atomic E-state index is 12.2. The van der Waals surface area contributed by atoms with Gasteiger partial charge in [-0.15, -0.1) is 11.5 Å². The summed E-state index contributed by atoms with van der Waals surface area (Å²) in [5.74, 6) is 3.95. The van der Waals surface area contributed by atoms with Crippen molar-refractivity contribution in [2.45, 2.75) is 32.6 Å². The number of nitrogens with one attached hydrogen (secondary N) is 1. The van der Waals surface area contributed by atoms with E-state index in [4.69, 9.17) is 6.42 Å². The Bertz CT molecular complexity index is 456. The van der Waals surface area contributed by atoms with Gasteiger partial charge in [-0.3, -0.25) is 9.89 Å². The zero-order valence-electron chi connectivity index (χ0n) is 10.6. The first-order valence-electron chi connectivity index (χ1n) is 6.38. The van der Waals surface area contributed by atoms with Gasteiger partial charge in [0.05, 0.1) is 6.54 Å². The molecule has 1 aromatic rings. The van der Waals surface area contributed by atoms with Gasteiger partial charge in [0, 0.05) is 13.0 Å². The smallest absolute Gasteiger partial charge is 0.294 e. The number of amides is 1. The van der Waals surface area contributed by atoms with Gasteiger partial charge in [0.1, 0.15) is 5.82 Å². The number of aryl methyl sites for hydroxylation is 1. The molecule has 0 aromatic carbocycles. The molecule has 1 N–H and O–H groups in total. The van der Waals surface area contributed by atoms with E-state index in [1.807, 2.05) is 0 Å². The summed E-state index contributed by atoms with van der Waals surface area (Å²) in [5, 5.41) is 6.76. The summed E-state index contributed by atoms with van der Waals surface area (Å²) in [6, 6.07) is 0. The van der Waals surface area contributed by atoms with Gasteiger partial charge >= 0.3 is 0 Å². The van der Waals surface area contributed by atoms with Crippen LogP contribution >= 0.6 is 0 Å². The molecule has 1 saturated carbocycles. The fraction of sp³-hybridized carbons (Fsp3) is 0.615. The third-order valence-electron chi connectivity index (χ3n) is 2.95. The standard InChI is InChI=1S/C13H18N4O/c1-3-5-11-14-12(16-15-11)13(18)17(8-4-2)9-10-6-7-10/h2,10H,3,5-9H2,1H3,(H,14,15,16). The second kappa shape index (κ2) is 5.67. The summed E-state index contributed by atoms with van der Waals surface area (Å²) in [5.41, 5.74) is 0. The van der Waals surface area contributed by atoms with Gasteiger partial charge in [-0.05, 0) is 25.2 Å². The molecule has 0 unspecified atom stereocenters.